The average Bonchev–Trinajstić information content (AvgIpc) is 3.07. The van der Waals surface area contributed by atoms with E-state index in [1.54, 1.807) is 44.2 Å². The normalized spacial score (nSPS) is 14.2. The molecule has 0 fully saturated rings. The highest BCUT2D eigenvalue weighted by molar-refractivity contribution is 7.89. The van der Waals surface area contributed by atoms with E-state index < -0.39 is 15.6 Å². The van der Waals surface area contributed by atoms with E-state index in [1.165, 1.54) is 6.92 Å². The minimum absolute atomic E-state index is 0.0461. The zero-order chi connectivity index (χ0) is 19.7. The molecule has 1 atom stereocenters. The number of sulfonamides is 1. The number of ether oxygens (including phenoxy) is 1. The first-order chi connectivity index (χ1) is 12.7. The van der Waals surface area contributed by atoms with Gasteiger partial charge in [-0.2, -0.15) is 0 Å². The highest BCUT2D eigenvalue weighted by atomic mass is 32.2. The number of aliphatic hydroxyl groups is 1. The third kappa shape index (κ3) is 4.16. The molecule has 1 aromatic heterocycles. The molecule has 0 spiro atoms. The number of rotatable bonds is 7. The summed E-state index contributed by atoms with van der Waals surface area (Å²) < 4.78 is 39.2. The van der Waals surface area contributed by atoms with Gasteiger partial charge >= 0.3 is 0 Å². The molecule has 3 aromatic rings. The van der Waals surface area contributed by atoms with E-state index in [9.17, 15) is 13.5 Å². The lowest BCUT2D eigenvalue weighted by Crippen LogP contribution is -2.38. The van der Waals surface area contributed by atoms with Crippen LogP contribution in [-0.2, 0) is 15.6 Å². The van der Waals surface area contributed by atoms with Gasteiger partial charge in [-0.1, -0.05) is 24.3 Å². The van der Waals surface area contributed by atoms with Crippen LogP contribution in [0.25, 0.3) is 11.0 Å². The molecule has 0 saturated carbocycles. The number of hydrogen-bond acceptors (Lipinski definition) is 5. The zero-order valence-electron chi connectivity index (χ0n) is 15.5. The van der Waals surface area contributed by atoms with E-state index in [0.29, 0.717) is 18.0 Å². The summed E-state index contributed by atoms with van der Waals surface area (Å²) in [5.74, 6) is 0.569. The maximum Gasteiger partial charge on any atom is 0.244 e. The fraction of sp³-hybridized carbons (Fsp3) is 0.300. The van der Waals surface area contributed by atoms with Crippen molar-refractivity contribution in [2.75, 3.05) is 13.2 Å². The first-order valence-electron chi connectivity index (χ1n) is 8.67. The Morgan fingerprint density at radius 3 is 2.63 bits per heavy atom. The van der Waals surface area contributed by atoms with Crippen molar-refractivity contribution in [1.82, 2.24) is 4.72 Å². The Morgan fingerprint density at radius 2 is 1.93 bits per heavy atom. The molecule has 2 N–H and O–H groups in total. The van der Waals surface area contributed by atoms with Crippen molar-refractivity contribution in [3.63, 3.8) is 0 Å². The maximum atomic E-state index is 12.8. The second kappa shape index (κ2) is 7.34. The molecule has 0 aliphatic rings. The Kier molecular flexibility index (Phi) is 5.28. The minimum Gasteiger partial charge on any atom is -0.492 e. The van der Waals surface area contributed by atoms with Crippen LogP contribution in [0.15, 0.2) is 57.8 Å². The van der Waals surface area contributed by atoms with E-state index in [-0.39, 0.29) is 17.2 Å². The third-order valence-corrected chi connectivity index (χ3v) is 5.67. The summed E-state index contributed by atoms with van der Waals surface area (Å²) in [4.78, 5) is 0.0461. The van der Waals surface area contributed by atoms with Crippen molar-refractivity contribution in [2.45, 2.75) is 31.3 Å². The predicted molar refractivity (Wildman–Crippen MR) is 103 cm³/mol. The van der Waals surface area contributed by atoms with Crippen molar-refractivity contribution < 1.29 is 22.7 Å². The van der Waals surface area contributed by atoms with Gasteiger partial charge in [0, 0.05) is 11.9 Å². The Labute approximate surface area is 158 Å². The Hall–Kier alpha value is -2.35. The summed E-state index contributed by atoms with van der Waals surface area (Å²) in [6, 6.07) is 14.0. The van der Waals surface area contributed by atoms with Gasteiger partial charge in [0.05, 0.1) is 6.61 Å². The molecule has 0 bridgehead atoms. The molecular formula is C20H23NO5S. The van der Waals surface area contributed by atoms with Crippen LogP contribution >= 0.6 is 0 Å². The molecule has 0 aliphatic heterocycles. The summed E-state index contributed by atoms with van der Waals surface area (Å²) in [5.41, 5.74) is -0.0855. The monoisotopic (exact) mass is 389 g/mol. The lowest BCUT2D eigenvalue weighted by molar-refractivity contribution is 0.0411. The molecule has 1 unspecified atom stereocenters. The maximum absolute atomic E-state index is 12.8. The van der Waals surface area contributed by atoms with Gasteiger partial charge in [-0.15, -0.1) is 0 Å². The van der Waals surface area contributed by atoms with E-state index >= 15 is 0 Å². The molecule has 7 heteroatoms. The van der Waals surface area contributed by atoms with Crippen LogP contribution in [0, 0.1) is 6.92 Å². The summed E-state index contributed by atoms with van der Waals surface area (Å²) in [6.07, 6.45) is 0. The fourth-order valence-electron chi connectivity index (χ4n) is 2.75. The lowest BCUT2D eigenvalue weighted by Gasteiger charge is -2.21. The van der Waals surface area contributed by atoms with Crippen LogP contribution in [0.3, 0.4) is 0 Å². The van der Waals surface area contributed by atoms with E-state index in [1.807, 2.05) is 18.2 Å². The summed E-state index contributed by atoms with van der Waals surface area (Å²) in [5, 5.41) is 11.6. The molecule has 2 aromatic carbocycles. The summed E-state index contributed by atoms with van der Waals surface area (Å²) in [6.45, 7) is 5.21. The van der Waals surface area contributed by atoms with E-state index in [4.69, 9.17) is 9.15 Å². The van der Waals surface area contributed by atoms with Crippen molar-refractivity contribution in [2.24, 2.45) is 0 Å². The number of hydrogen-bond donors (Lipinski definition) is 2. The molecule has 27 heavy (non-hydrogen) atoms. The van der Waals surface area contributed by atoms with Gasteiger partial charge in [0.1, 0.15) is 27.6 Å². The van der Waals surface area contributed by atoms with Gasteiger partial charge in [-0.05, 0) is 50.6 Å². The summed E-state index contributed by atoms with van der Waals surface area (Å²) >= 11 is 0. The molecule has 1 heterocycles. The molecule has 0 aliphatic carbocycles. The second-order valence-corrected chi connectivity index (χ2v) is 8.37. The summed E-state index contributed by atoms with van der Waals surface area (Å²) in [7, 11) is -3.88. The van der Waals surface area contributed by atoms with Gasteiger partial charge < -0.3 is 14.3 Å². The Bertz CT molecular complexity index is 1020. The smallest absolute Gasteiger partial charge is 0.244 e. The number of aryl methyl sites for hydroxylation is 1. The number of benzene rings is 2. The minimum atomic E-state index is -3.88. The molecule has 0 radical (unpaired) electrons. The fourth-order valence-corrected chi connectivity index (χ4v) is 4.11. The third-order valence-electron chi connectivity index (χ3n) is 4.25. The SMILES string of the molecule is CCOc1ccc(C)cc1S(=O)(=O)NCC(C)(O)c1cc2ccccc2o1. The van der Waals surface area contributed by atoms with Gasteiger partial charge in [0.15, 0.2) is 0 Å². The van der Waals surface area contributed by atoms with Crippen molar-refractivity contribution in [1.29, 1.82) is 0 Å². The number of fused-ring (bicyclic) bond motifs is 1. The number of nitrogens with one attached hydrogen (secondary N) is 1. The van der Waals surface area contributed by atoms with Crippen LogP contribution in [0.1, 0.15) is 25.2 Å². The lowest BCUT2D eigenvalue weighted by atomic mass is 10.0. The highest BCUT2D eigenvalue weighted by Gasteiger charge is 2.31. The molecule has 0 amide bonds. The van der Waals surface area contributed by atoms with Crippen LogP contribution in [0.5, 0.6) is 5.75 Å². The quantitative estimate of drug-likeness (QED) is 0.647. The van der Waals surface area contributed by atoms with Crippen LogP contribution in [-0.4, -0.2) is 26.7 Å². The molecule has 3 rings (SSSR count). The van der Waals surface area contributed by atoms with Crippen LogP contribution in [0.2, 0.25) is 0 Å². The number of para-hydroxylation sites is 1. The Balaban J connectivity index is 1.85. The van der Waals surface area contributed by atoms with Crippen LogP contribution in [0.4, 0.5) is 0 Å². The van der Waals surface area contributed by atoms with Crippen LogP contribution < -0.4 is 9.46 Å². The largest absolute Gasteiger partial charge is 0.492 e. The topological polar surface area (TPSA) is 88.8 Å². The highest BCUT2D eigenvalue weighted by Crippen LogP contribution is 2.29. The van der Waals surface area contributed by atoms with E-state index in [0.717, 1.165) is 10.9 Å². The molecular weight excluding hydrogens is 366 g/mol. The van der Waals surface area contributed by atoms with Gasteiger partial charge in [0.2, 0.25) is 10.0 Å². The Morgan fingerprint density at radius 1 is 1.19 bits per heavy atom. The first kappa shape index (κ1) is 19.4. The second-order valence-electron chi connectivity index (χ2n) is 6.63. The molecule has 144 valence electrons. The van der Waals surface area contributed by atoms with Gasteiger partial charge in [-0.3, -0.25) is 0 Å². The van der Waals surface area contributed by atoms with Crippen molar-refractivity contribution >= 4 is 21.0 Å². The van der Waals surface area contributed by atoms with Gasteiger partial charge in [0.25, 0.3) is 0 Å². The molecule has 6 nitrogen and oxygen atoms in total. The predicted octanol–water partition coefficient (Wildman–Crippen LogP) is 3.33. The first-order valence-corrected chi connectivity index (χ1v) is 10.2. The molecule has 0 saturated heterocycles. The zero-order valence-corrected chi connectivity index (χ0v) is 16.3. The van der Waals surface area contributed by atoms with E-state index in [2.05, 4.69) is 4.72 Å². The van der Waals surface area contributed by atoms with Gasteiger partial charge in [-0.25, -0.2) is 13.1 Å². The average molecular weight is 389 g/mol. The van der Waals surface area contributed by atoms with Crippen molar-refractivity contribution in [3.05, 3.63) is 59.9 Å². The number of furan rings is 1. The standard InChI is InChI=1S/C20H23NO5S/c1-4-25-17-10-9-14(2)11-18(17)27(23,24)21-13-20(3,22)19-12-15-7-5-6-8-16(15)26-19/h5-12,21-22H,4,13H2,1-3H3. The van der Waals surface area contributed by atoms with Crippen molar-refractivity contribution in [3.8, 4) is 5.75 Å².